The molecular weight excluding hydrogens is 432 g/mol. The van der Waals surface area contributed by atoms with E-state index >= 15 is 0 Å². The second kappa shape index (κ2) is 7.31. The monoisotopic (exact) mass is 440 g/mol. The van der Waals surface area contributed by atoms with Gasteiger partial charge in [-0.25, -0.2) is 4.79 Å². The van der Waals surface area contributed by atoms with Gasteiger partial charge in [0.25, 0.3) is 0 Å². The molecule has 1 aromatic carbocycles. The molecule has 0 saturated carbocycles. The molecule has 0 unspecified atom stereocenters. The van der Waals surface area contributed by atoms with Crippen LogP contribution in [-0.4, -0.2) is 12.6 Å². The Kier molecular flexibility index (Phi) is 6.38. The lowest BCUT2D eigenvalue weighted by atomic mass is 10.2. The fraction of sp³-hybridized carbons (Fsp3) is 0.250. The molecule has 6 heteroatoms. The normalized spacial score (nSPS) is 10.0. The topological polar surface area (TPSA) is 35.5 Å². The number of hydrogen-bond acceptors (Lipinski definition) is 3. The third-order valence-electron chi connectivity index (χ3n) is 2.02. The van der Waals surface area contributed by atoms with E-state index < -0.39 is 5.97 Å². The first-order valence-electron chi connectivity index (χ1n) is 5.09. The highest BCUT2D eigenvalue weighted by atomic mass is 79.9. The number of carbonyl (C=O) groups is 1. The number of ether oxygens (including phenoxy) is 2. The molecule has 0 aliphatic heterocycles. The van der Waals surface area contributed by atoms with Crippen molar-refractivity contribution in [3.63, 3.8) is 0 Å². The summed E-state index contributed by atoms with van der Waals surface area (Å²) in [6.07, 6.45) is 1.13. The van der Waals surface area contributed by atoms with Crippen LogP contribution in [0.25, 0.3) is 0 Å². The second-order valence-corrected chi connectivity index (χ2v) is 5.66. The van der Waals surface area contributed by atoms with Crippen LogP contribution in [0.5, 0.6) is 5.75 Å². The summed E-state index contributed by atoms with van der Waals surface area (Å²) in [5.41, 5.74) is 0.772. The van der Waals surface area contributed by atoms with Crippen LogP contribution in [0.3, 0.4) is 0 Å². The number of halogens is 3. The Morgan fingerprint density at radius 3 is 2.61 bits per heavy atom. The number of hydrogen-bond donors (Lipinski definition) is 0. The molecule has 3 nitrogen and oxygen atoms in total. The van der Waals surface area contributed by atoms with Crippen molar-refractivity contribution in [3.05, 3.63) is 37.7 Å². The lowest BCUT2D eigenvalue weighted by Crippen LogP contribution is -2.04. The average Bonchev–Trinajstić information content (AvgIpc) is 2.37. The molecule has 0 amide bonds. The molecule has 0 radical (unpaired) electrons. The van der Waals surface area contributed by atoms with Crippen LogP contribution in [0.15, 0.2) is 32.1 Å². The standard InChI is InChI=1S/C12H11Br3O3/c1-3-9(16)18-6-7-5-8(13)10(14)11(15)12(7)17-4-2/h3,5H,1,4,6H2,2H3. The third kappa shape index (κ3) is 3.83. The van der Waals surface area contributed by atoms with Crippen molar-refractivity contribution in [2.75, 3.05) is 6.61 Å². The zero-order valence-corrected chi connectivity index (χ0v) is 14.4. The molecule has 0 heterocycles. The first kappa shape index (κ1) is 15.7. The maximum Gasteiger partial charge on any atom is 0.330 e. The summed E-state index contributed by atoms with van der Waals surface area (Å²) < 4.78 is 13.1. The van der Waals surface area contributed by atoms with Gasteiger partial charge in [-0.2, -0.15) is 0 Å². The first-order valence-corrected chi connectivity index (χ1v) is 7.47. The molecule has 0 aliphatic carbocycles. The zero-order valence-electron chi connectivity index (χ0n) is 9.63. The zero-order chi connectivity index (χ0) is 13.7. The Morgan fingerprint density at radius 2 is 2.06 bits per heavy atom. The molecule has 0 aliphatic rings. The molecule has 0 atom stereocenters. The van der Waals surface area contributed by atoms with E-state index in [0.717, 1.165) is 25.1 Å². The summed E-state index contributed by atoms with van der Waals surface area (Å²) >= 11 is 10.3. The van der Waals surface area contributed by atoms with Crippen LogP contribution >= 0.6 is 47.8 Å². The van der Waals surface area contributed by atoms with Crippen LogP contribution in [0.1, 0.15) is 12.5 Å². The van der Waals surface area contributed by atoms with E-state index in [2.05, 4.69) is 54.4 Å². The summed E-state index contributed by atoms with van der Waals surface area (Å²) in [5, 5.41) is 0. The minimum absolute atomic E-state index is 0.130. The third-order valence-corrected chi connectivity index (χ3v) is 5.29. The predicted octanol–water partition coefficient (Wildman–Crippen LogP) is 4.60. The van der Waals surface area contributed by atoms with E-state index in [0.29, 0.717) is 12.4 Å². The summed E-state index contributed by atoms with van der Waals surface area (Å²) in [7, 11) is 0. The predicted molar refractivity (Wildman–Crippen MR) is 80.7 cm³/mol. The molecule has 98 valence electrons. The van der Waals surface area contributed by atoms with E-state index in [1.807, 2.05) is 13.0 Å². The maximum atomic E-state index is 11.1. The van der Waals surface area contributed by atoms with Gasteiger partial charge in [0.05, 0.1) is 11.1 Å². The fourth-order valence-corrected chi connectivity index (χ4v) is 2.86. The largest absolute Gasteiger partial charge is 0.492 e. The van der Waals surface area contributed by atoms with Gasteiger partial charge in [0.2, 0.25) is 0 Å². The Bertz CT molecular complexity index is 472. The highest BCUT2D eigenvalue weighted by molar-refractivity contribution is 9.14. The Balaban J connectivity index is 3.08. The summed E-state index contributed by atoms with van der Waals surface area (Å²) in [5.74, 6) is 0.192. The van der Waals surface area contributed by atoms with Gasteiger partial charge in [-0.3, -0.25) is 0 Å². The van der Waals surface area contributed by atoms with Crippen molar-refractivity contribution in [2.45, 2.75) is 13.5 Å². The van der Waals surface area contributed by atoms with Crippen LogP contribution in [0, 0.1) is 0 Å². The molecule has 0 aromatic heterocycles. The first-order chi connectivity index (χ1) is 8.51. The lowest BCUT2D eigenvalue weighted by Gasteiger charge is -2.14. The van der Waals surface area contributed by atoms with Gasteiger partial charge in [0.15, 0.2) is 0 Å². The van der Waals surface area contributed by atoms with Gasteiger partial charge >= 0.3 is 5.97 Å². The second-order valence-electron chi connectivity index (χ2n) is 3.22. The molecule has 1 aromatic rings. The molecule has 0 bridgehead atoms. The number of rotatable bonds is 5. The van der Waals surface area contributed by atoms with Crippen molar-refractivity contribution in [1.82, 2.24) is 0 Å². The van der Waals surface area contributed by atoms with Crippen molar-refractivity contribution >= 4 is 53.8 Å². The molecule has 0 N–H and O–H groups in total. The van der Waals surface area contributed by atoms with Crippen molar-refractivity contribution in [1.29, 1.82) is 0 Å². The maximum absolute atomic E-state index is 11.1. The Hall–Kier alpha value is -0.330. The number of carbonyl (C=O) groups excluding carboxylic acids is 1. The number of esters is 1. The van der Waals surface area contributed by atoms with Gasteiger partial charge in [0.1, 0.15) is 12.4 Å². The molecule has 18 heavy (non-hydrogen) atoms. The lowest BCUT2D eigenvalue weighted by molar-refractivity contribution is -0.139. The van der Waals surface area contributed by atoms with E-state index in [1.54, 1.807) is 0 Å². The van der Waals surface area contributed by atoms with Gasteiger partial charge < -0.3 is 9.47 Å². The minimum Gasteiger partial charge on any atom is -0.492 e. The van der Waals surface area contributed by atoms with Crippen LogP contribution in [-0.2, 0) is 16.1 Å². The van der Waals surface area contributed by atoms with E-state index in [1.165, 1.54) is 0 Å². The minimum atomic E-state index is -0.465. The molecule has 0 spiro atoms. The molecule has 0 saturated heterocycles. The molecular formula is C12H11Br3O3. The van der Waals surface area contributed by atoms with E-state index in [4.69, 9.17) is 9.47 Å². The van der Waals surface area contributed by atoms with Crippen molar-refractivity contribution in [2.24, 2.45) is 0 Å². The highest BCUT2D eigenvalue weighted by Crippen LogP contribution is 2.41. The Morgan fingerprint density at radius 1 is 1.39 bits per heavy atom. The Labute approximate surface area is 131 Å². The van der Waals surface area contributed by atoms with Crippen molar-refractivity contribution < 1.29 is 14.3 Å². The average molecular weight is 443 g/mol. The summed E-state index contributed by atoms with van der Waals surface area (Å²) in [4.78, 5) is 11.1. The van der Waals surface area contributed by atoms with Crippen LogP contribution < -0.4 is 4.74 Å². The van der Waals surface area contributed by atoms with Gasteiger partial charge in [-0.15, -0.1) is 0 Å². The van der Waals surface area contributed by atoms with Crippen LogP contribution in [0.2, 0.25) is 0 Å². The fourth-order valence-electron chi connectivity index (χ4n) is 1.24. The number of benzene rings is 1. The molecule has 1 rings (SSSR count). The summed E-state index contributed by atoms with van der Waals surface area (Å²) in [6, 6.07) is 1.84. The van der Waals surface area contributed by atoms with Crippen molar-refractivity contribution in [3.8, 4) is 5.75 Å². The van der Waals surface area contributed by atoms with E-state index in [9.17, 15) is 4.79 Å². The van der Waals surface area contributed by atoms with Crippen LogP contribution in [0.4, 0.5) is 0 Å². The van der Waals surface area contributed by atoms with Gasteiger partial charge in [0, 0.05) is 20.6 Å². The van der Waals surface area contributed by atoms with Gasteiger partial charge in [-0.1, -0.05) is 6.58 Å². The highest BCUT2D eigenvalue weighted by Gasteiger charge is 2.15. The van der Waals surface area contributed by atoms with E-state index in [-0.39, 0.29) is 6.61 Å². The quantitative estimate of drug-likeness (QED) is 0.380. The summed E-state index contributed by atoms with van der Waals surface area (Å²) in [6.45, 7) is 5.89. The smallest absolute Gasteiger partial charge is 0.330 e. The SMILES string of the molecule is C=CC(=O)OCc1cc(Br)c(Br)c(Br)c1OCC. The molecule has 0 fully saturated rings. The van der Waals surface area contributed by atoms with Gasteiger partial charge in [-0.05, 0) is 60.8 Å².